The van der Waals surface area contributed by atoms with Crippen molar-refractivity contribution in [1.82, 2.24) is 0 Å². The SMILES string of the molecule is C=Cc1c(O)cc(C=O)c2c1CCC2=O. The van der Waals surface area contributed by atoms with Gasteiger partial charge in [-0.15, -0.1) is 0 Å². The van der Waals surface area contributed by atoms with E-state index in [1.165, 1.54) is 12.1 Å². The van der Waals surface area contributed by atoms with Gasteiger partial charge in [-0.25, -0.2) is 0 Å². The third kappa shape index (κ3) is 1.28. The molecule has 1 aliphatic carbocycles. The summed E-state index contributed by atoms with van der Waals surface area (Å²) in [6.07, 6.45) is 3.10. The molecule has 0 aliphatic heterocycles. The molecular formula is C12H10O3. The molecule has 0 fully saturated rings. The molecule has 0 unspecified atom stereocenters. The molecular weight excluding hydrogens is 192 g/mol. The monoisotopic (exact) mass is 202 g/mol. The van der Waals surface area contributed by atoms with Crippen LogP contribution >= 0.6 is 0 Å². The van der Waals surface area contributed by atoms with Crippen molar-refractivity contribution in [2.75, 3.05) is 0 Å². The van der Waals surface area contributed by atoms with E-state index in [-0.39, 0.29) is 17.1 Å². The van der Waals surface area contributed by atoms with Crippen molar-refractivity contribution in [3.05, 3.63) is 34.9 Å². The lowest BCUT2D eigenvalue weighted by Crippen LogP contribution is -1.99. The highest BCUT2D eigenvalue weighted by Gasteiger charge is 2.26. The first kappa shape index (κ1) is 9.65. The van der Waals surface area contributed by atoms with Gasteiger partial charge in [0.15, 0.2) is 12.1 Å². The fourth-order valence-electron chi connectivity index (χ4n) is 2.03. The standard InChI is InChI=1S/C12H10O3/c1-2-8-9-3-4-10(14)12(9)7(6-13)5-11(8)15/h2,5-6,15H,1,3-4H2. The molecule has 1 aliphatic rings. The van der Waals surface area contributed by atoms with Crippen molar-refractivity contribution in [2.45, 2.75) is 12.8 Å². The number of rotatable bonds is 2. The molecule has 1 aromatic carbocycles. The van der Waals surface area contributed by atoms with Crippen molar-refractivity contribution in [3.63, 3.8) is 0 Å². The Morgan fingerprint density at radius 3 is 2.73 bits per heavy atom. The average Bonchev–Trinajstić information content (AvgIpc) is 2.60. The van der Waals surface area contributed by atoms with Crippen LogP contribution in [0.1, 0.15) is 38.3 Å². The third-order valence-electron chi connectivity index (χ3n) is 2.70. The zero-order valence-electron chi connectivity index (χ0n) is 8.12. The van der Waals surface area contributed by atoms with Gasteiger partial charge in [0.2, 0.25) is 0 Å². The number of hydrogen-bond acceptors (Lipinski definition) is 3. The number of carbonyl (C=O) groups excluding carboxylic acids is 2. The van der Waals surface area contributed by atoms with Gasteiger partial charge in [0.05, 0.1) is 0 Å². The van der Waals surface area contributed by atoms with Crippen LogP contribution in [0.15, 0.2) is 12.6 Å². The molecule has 0 bridgehead atoms. The van der Waals surface area contributed by atoms with Gasteiger partial charge in [0.25, 0.3) is 0 Å². The molecule has 1 aromatic rings. The Balaban J connectivity index is 2.81. The fourth-order valence-corrected chi connectivity index (χ4v) is 2.03. The number of carbonyl (C=O) groups is 2. The summed E-state index contributed by atoms with van der Waals surface area (Å²) >= 11 is 0. The molecule has 76 valence electrons. The molecule has 3 heteroatoms. The van der Waals surface area contributed by atoms with Gasteiger partial charge < -0.3 is 5.11 Å². The average molecular weight is 202 g/mol. The first-order chi connectivity index (χ1) is 7.19. The van der Waals surface area contributed by atoms with Crippen molar-refractivity contribution < 1.29 is 14.7 Å². The maximum absolute atomic E-state index is 11.5. The van der Waals surface area contributed by atoms with Crippen LogP contribution in [-0.2, 0) is 6.42 Å². The largest absolute Gasteiger partial charge is 0.507 e. The predicted molar refractivity (Wildman–Crippen MR) is 56.2 cm³/mol. The van der Waals surface area contributed by atoms with Crippen LogP contribution in [0.3, 0.4) is 0 Å². The summed E-state index contributed by atoms with van der Waals surface area (Å²) in [5.41, 5.74) is 2.05. The maximum Gasteiger partial charge on any atom is 0.164 e. The van der Waals surface area contributed by atoms with Crippen LogP contribution in [0.2, 0.25) is 0 Å². The van der Waals surface area contributed by atoms with E-state index in [0.717, 1.165) is 5.56 Å². The number of Topliss-reactive ketones (excluding diaryl/α,β-unsaturated/α-hetero) is 1. The first-order valence-corrected chi connectivity index (χ1v) is 4.68. The van der Waals surface area contributed by atoms with E-state index in [1.54, 1.807) is 0 Å². The summed E-state index contributed by atoms with van der Waals surface area (Å²) in [5, 5.41) is 9.63. The summed E-state index contributed by atoms with van der Waals surface area (Å²) < 4.78 is 0. The zero-order valence-corrected chi connectivity index (χ0v) is 8.12. The Hall–Kier alpha value is -1.90. The number of fused-ring (bicyclic) bond motifs is 1. The Kier molecular flexibility index (Phi) is 2.15. The van der Waals surface area contributed by atoms with E-state index in [2.05, 4.69) is 6.58 Å². The maximum atomic E-state index is 11.5. The summed E-state index contributed by atoms with van der Waals surface area (Å²) in [6, 6.07) is 1.33. The molecule has 3 nitrogen and oxygen atoms in total. The third-order valence-corrected chi connectivity index (χ3v) is 2.70. The zero-order chi connectivity index (χ0) is 11.0. The Morgan fingerprint density at radius 1 is 1.40 bits per heavy atom. The molecule has 0 atom stereocenters. The van der Waals surface area contributed by atoms with Gasteiger partial charge in [-0.2, -0.15) is 0 Å². The van der Waals surface area contributed by atoms with Gasteiger partial charge in [0, 0.05) is 23.1 Å². The van der Waals surface area contributed by atoms with Crippen molar-refractivity contribution in [3.8, 4) is 5.75 Å². The van der Waals surface area contributed by atoms with Crippen molar-refractivity contribution >= 4 is 18.1 Å². The number of aromatic hydroxyl groups is 1. The second-order valence-corrected chi connectivity index (χ2v) is 3.50. The first-order valence-electron chi connectivity index (χ1n) is 4.68. The fraction of sp³-hybridized carbons (Fsp3) is 0.167. The molecule has 1 N–H and O–H groups in total. The van der Waals surface area contributed by atoms with Gasteiger partial charge in [-0.1, -0.05) is 12.7 Å². The molecule has 0 radical (unpaired) electrons. The van der Waals surface area contributed by atoms with E-state index in [9.17, 15) is 14.7 Å². The lowest BCUT2D eigenvalue weighted by atomic mass is 9.97. The van der Waals surface area contributed by atoms with E-state index < -0.39 is 0 Å². The molecule has 0 saturated heterocycles. The van der Waals surface area contributed by atoms with Crippen LogP contribution in [-0.4, -0.2) is 17.2 Å². The highest BCUT2D eigenvalue weighted by Crippen LogP contribution is 2.34. The number of phenols is 1. The van der Waals surface area contributed by atoms with Gasteiger partial charge in [-0.3, -0.25) is 9.59 Å². The lowest BCUT2D eigenvalue weighted by molar-refractivity contribution is 0.0988. The number of ketones is 1. The van der Waals surface area contributed by atoms with E-state index in [1.807, 2.05) is 0 Å². The molecule has 0 spiro atoms. The number of hydrogen-bond donors (Lipinski definition) is 1. The summed E-state index contributed by atoms with van der Waals surface area (Å²) in [7, 11) is 0. The Labute approximate surface area is 87.0 Å². The van der Waals surface area contributed by atoms with Gasteiger partial charge >= 0.3 is 0 Å². The number of benzene rings is 1. The minimum absolute atomic E-state index is 0.0144. The topological polar surface area (TPSA) is 54.4 Å². The second-order valence-electron chi connectivity index (χ2n) is 3.50. The van der Waals surface area contributed by atoms with Gasteiger partial charge in [0.1, 0.15) is 5.75 Å². The Morgan fingerprint density at radius 2 is 2.13 bits per heavy atom. The van der Waals surface area contributed by atoms with Gasteiger partial charge in [-0.05, 0) is 18.1 Å². The van der Waals surface area contributed by atoms with E-state index in [0.29, 0.717) is 30.3 Å². The van der Waals surface area contributed by atoms with Crippen molar-refractivity contribution in [1.29, 1.82) is 0 Å². The van der Waals surface area contributed by atoms with Crippen LogP contribution < -0.4 is 0 Å². The minimum Gasteiger partial charge on any atom is -0.507 e. The van der Waals surface area contributed by atoms with Crippen molar-refractivity contribution in [2.24, 2.45) is 0 Å². The highest BCUT2D eigenvalue weighted by molar-refractivity contribution is 6.07. The van der Waals surface area contributed by atoms with Crippen LogP contribution in [0.4, 0.5) is 0 Å². The van der Waals surface area contributed by atoms with E-state index in [4.69, 9.17) is 0 Å². The summed E-state index contributed by atoms with van der Waals surface area (Å²) in [5.74, 6) is -0.0178. The molecule has 0 saturated carbocycles. The highest BCUT2D eigenvalue weighted by atomic mass is 16.3. The number of aldehydes is 1. The normalized spacial score (nSPS) is 13.7. The van der Waals surface area contributed by atoms with Crippen LogP contribution in [0.5, 0.6) is 5.75 Å². The van der Waals surface area contributed by atoms with E-state index >= 15 is 0 Å². The Bertz CT molecular complexity index is 472. The quantitative estimate of drug-likeness (QED) is 0.746. The molecule has 15 heavy (non-hydrogen) atoms. The summed E-state index contributed by atoms with van der Waals surface area (Å²) in [4.78, 5) is 22.3. The molecule has 0 amide bonds. The van der Waals surface area contributed by atoms with Crippen LogP contribution in [0.25, 0.3) is 6.08 Å². The summed E-state index contributed by atoms with van der Waals surface area (Å²) in [6.45, 7) is 3.59. The molecule has 0 heterocycles. The predicted octanol–water partition coefficient (Wildman–Crippen LogP) is 1.98. The molecule has 2 rings (SSSR count). The molecule has 0 aromatic heterocycles. The minimum atomic E-state index is -0.0322. The second kappa shape index (κ2) is 3.35. The smallest absolute Gasteiger partial charge is 0.164 e. The van der Waals surface area contributed by atoms with Crippen LogP contribution in [0, 0.1) is 0 Å². The lowest BCUT2D eigenvalue weighted by Gasteiger charge is -2.08. The number of phenolic OH excluding ortho intramolecular Hbond substituents is 1.